The number of benzene rings is 1. The van der Waals surface area contributed by atoms with Crippen LogP contribution in [0.3, 0.4) is 0 Å². The van der Waals surface area contributed by atoms with Crippen molar-refractivity contribution in [3.05, 3.63) is 23.8 Å². The molecule has 1 spiro atoms. The van der Waals surface area contributed by atoms with E-state index < -0.39 is 0 Å². The van der Waals surface area contributed by atoms with E-state index in [4.69, 9.17) is 19.0 Å². The SMILES string of the molecule is CCCOc1cc(C2=NOC3(CCOC3)C2)ccc1OCC. The molecule has 22 heavy (non-hydrogen) atoms. The van der Waals surface area contributed by atoms with Gasteiger partial charge in [-0.2, -0.15) is 0 Å². The van der Waals surface area contributed by atoms with Gasteiger partial charge in [0.25, 0.3) is 0 Å². The van der Waals surface area contributed by atoms with E-state index in [0.717, 1.165) is 48.6 Å². The van der Waals surface area contributed by atoms with Gasteiger partial charge in [-0.3, -0.25) is 0 Å². The van der Waals surface area contributed by atoms with Crippen LogP contribution >= 0.6 is 0 Å². The molecule has 5 nitrogen and oxygen atoms in total. The van der Waals surface area contributed by atoms with Crippen LogP contribution < -0.4 is 9.47 Å². The first-order valence-corrected chi connectivity index (χ1v) is 7.99. The van der Waals surface area contributed by atoms with Crippen molar-refractivity contribution in [1.29, 1.82) is 0 Å². The molecule has 2 aliphatic heterocycles. The third-order valence-electron chi connectivity index (χ3n) is 3.94. The lowest BCUT2D eigenvalue weighted by Gasteiger charge is -2.17. The first kappa shape index (κ1) is 15.2. The molecule has 0 N–H and O–H groups in total. The third kappa shape index (κ3) is 3.04. The molecule has 1 atom stereocenters. The molecule has 1 aromatic carbocycles. The summed E-state index contributed by atoms with van der Waals surface area (Å²) < 4.78 is 16.9. The van der Waals surface area contributed by atoms with Crippen LogP contribution in [0.4, 0.5) is 0 Å². The van der Waals surface area contributed by atoms with E-state index in [1.807, 2.05) is 25.1 Å². The zero-order chi connectivity index (χ0) is 15.4. The van der Waals surface area contributed by atoms with Crippen LogP contribution in [0.5, 0.6) is 11.5 Å². The van der Waals surface area contributed by atoms with Crippen LogP contribution in [0.15, 0.2) is 23.4 Å². The predicted molar refractivity (Wildman–Crippen MR) is 83.8 cm³/mol. The zero-order valence-corrected chi connectivity index (χ0v) is 13.3. The number of hydrogen-bond acceptors (Lipinski definition) is 5. The molecule has 1 saturated heterocycles. The maximum Gasteiger partial charge on any atom is 0.168 e. The predicted octanol–water partition coefficient (Wildman–Crippen LogP) is 3.16. The van der Waals surface area contributed by atoms with Crippen LogP contribution in [-0.2, 0) is 9.57 Å². The molecule has 1 fully saturated rings. The van der Waals surface area contributed by atoms with E-state index in [-0.39, 0.29) is 5.60 Å². The molecule has 1 unspecified atom stereocenters. The van der Waals surface area contributed by atoms with Gasteiger partial charge in [0, 0.05) is 18.4 Å². The monoisotopic (exact) mass is 305 g/mol. The van der Waals surface area contributed by atoms with Gasteiger partial charge in [0.1, 0.15) is 0 Å². The molecule has 2 heterocycles. The first-order chi connectivity index (χ1) is 10.8. The van der Waals surface area contributed by atoms with Crippen molar-refractivity contribution in [3.8, 4) is 11.5 Å². The molecule has 120 valence electrons. The molecule has 0 aromatic heterocycles. The van der Waals surface area contributed by atoms with E-state index in [1.54, 1.807) is 0 Å². The Balaban J connectivity index is 1.79. The summed E-state index contributed by atoms with van der Waals surface area (Å²) in [5.41, 5.74) is 1.73. The molecule has 0 amide bonds. The maximum absolute atomic E-state index is 5.81. The van der Waals surface area contributed by atoms with Crippen LogP contribution in [-0.4, -0.2) is 37.7 Å². The fourth-order valence-corrected chi connectivity index (χ4v) is 2.76. The van der Waals surface area contributed by atoms with Crippen molar-refractivity contribution in [2.75, 3.05) is 26.4 Å². The van der Waals surface area contributed by atoms with Crippen LogP contribution in [0, 0.1) is 0 Å². The van der Waals surface area contributed by atoms with Crippen molar-refractivity contribution >= 4 is 5.71 Å². The summed E-state index contributed by atoms with van der Waals surface area (Å²) in [4.78, 5) is 5.66. The van der Waals surface area contributed by atoms with Crippen molar-refractivity contribution in [2.24, 2.45) is 5.16 Å². The van der Waals surface area contributed by atoms with E-state index >= 15 is 0 Å². The Morgan fingerprint density at radius 1 is 1.23 bits per heavy atom. The first-order valence-electron chi connectivity index (χ1n) is 7.99. The summed E-state index contributed by atoms with van der Waals surface area (Å²) in [6, 6.07) is 5.96. The van der Waals surface area contributed by atoms with E-state index in [0.29, 0.717) is 19.8 Å². The van der Waals surface area contributed by atoms with Gasteiger partial charge in [-0.25, -0.2) is 0 Å². The van der Waals surface area contributed by atoms with Crippen molar-refractivity contribution in [2.45, 2.75) is 38.7 Å². The Hall–Kier alpha value is -1.75. The van der Waals surface area contributed by atoms with Crippen molar-refractivity contribution < 1.29 is 19.0 Å². The average molecular weight is 305 g/mol. The molecule has 2 aliphatic rings. The highest BCUT2D eigenvalue weighted by Gasteiger charge is 2.43. The molecule has 0 aliphatic carbocycles. The fourth-order valence-electron chi connectivity index (χ4n) is 2.76. The Morgan fingerprint density at radius 2 is 2.14 bits per heavy atom. The number of oxime groups is 1. The Kier molecular flexibility index (Phi) is 4.52. The molecular weight excluding hydrogens is 282 g/mol. The second-order valence-corrected chi connectivity index (χ2v) is 5.73. The van der Waals surface area contributed by atoms with Gasteiger partial charge in [0.2, 0.25) is 0 Å². The van der Waals surface area contributed by atoms with Gasteiger partial charge in [0.15, 0.2) is 17.1 Å². The second kappa shape index (κ2) is 6.57. The Bertz CT molecular complexity index is 550. The Labute approximate surface area is 131 Å². The summed E-state index contributed by atoms with van der Waals surface area (Å²) in [7, 11) is 0. The lowest BCUT2D eigenvalue weighted by Crippen LogP contribution is -2.29. The molecular formula is C17H23NO4. The minimum Gasteiger partial charge on any atom is -0.490 e. The van der Waals surface area contributed by atoms with Crippen LogP contribution in [0.25, 0.3) is 0 Å². The van der Waals surface area contributed by atoms with Gasteiger partial charge in [-0.05, 0) is 31.5 Å². The van der Waals surface area contributed by atoms with Gasteiger partial charge in [-0.1, -0.05) is 12.1 Å². The summed E-state index contributed by atoms with van der Waals surface area (Å²) >= 11 is 0. The highest BCUT2D eigenvalue weighted by Crippen LogP contribution is 2.36. The van der Waals surface area contributed by atoms with Crippen molar-refractivity contribution in [3.63, 3.8) is 0 Å². The van der Waals surface area contributed by atoms with Gasteiger partial charge < -0.3 is 19.0 Å². The molecule has 3 rings (SSSR count). The van der Waals surface area contributed by atoms with E-state index in [2.05, 4.69) is 12.1 Å². The Morgan fingerprint density at radius 3 is 2.86 bits per heavy atom. The quantitative estimate of drug-likeness (QED) is 0.810. The highest BCUT2D eigenvalue weighted by atomic mass is 16.7. The summed E-state index contributed by atoms with van der Waals surface area (Å²) in [6.45, 7) is 6.71. The second-order valence-electron chi connectivity index (χ2n) is 5.73. The maximum atomic E-state index is 5.81. The number of nitrogens with zero attached hydrogens (tertiary/aromatic N) is 1. The minimum absolute atomic E-state index is 0.252. The number of hydrogen-bond donors (Lipinski definition) is 0. The van der Waals surface area contributed by atoms with Gasteiger partial charge >= 0.3 is 0 Å². The molecule has 0 saturated carbocycles. The van der Waals surface area contributed by atoms with Gasteiger partial charge in [-0.15, -0.1) is 0 Å². The topological polar surface area (TPSA) is 49.3 Å². The molecule has 0 bridgehead atoms. The number of ether oxygens (including phenoxy) is 3. The fraction of sp³-hybridized carbons (Fsp3) is 0.588. The number of rotatable bonds is 6. The highest BCUT2D eigenvalue weighted by molar-refractivity contribution is 6.02. The lowest BCUT2D eigenvalue weighted by molar-refractivity contribution is -0.0237. The summed E-state index contributed by atoms with van der Waals surface area (Å²) in [6.07, 6.45) is 2.64. The van der Waals surface area contributed by atoms with Gasteiger partial charge in [0.05, 0.1) is 32.1 Å². The third-order valence-corrected chi connectivity index (χ3v) is 3.94. The van der Waals surface area contributed by atoms with Crippen LogP contribution in [0.1, 0.15) is 38.7 Å². The average Bonchev–Trinajstić information content (AvgIpc) is 3.17. The minimum atomic E-state index is -0.252. The molecule has 1 aromatic rings. The smallest absolute Gasteiger partial charge is 0.168 e. The lowest BCUT2D eigenvalue weighted by atomic mass is 9.93. The normalized spacial score (nSPS) is 23.5. The van der Waals surface area contributed by atoms with Crippen LogP contribution in [0.2, 0.25) is 0 Å². The molecule has 0 radical (unpaired) electrons. The molecule has 5 heteroatoms. The largest absolute Gasteiger partial charge is 0.490 e. The van der Waals surface area contributed by atoms with E-state index in [9.17, 15) is 0 Å². The summed E-state index contributed by atoms with van der Waals surface area (Å²) in [5, 5.41) is 4.28. The van der Waals surface area contributed by atoms with Crippen molar-refractivity contribution in [1.82, 2.24) is 0 Å². The zero-order valence-electron chi connectivity index (χ0n) is 13.3. The summed E-state index contributed by atoms with van der Waals surface area (Å²) in [5.74, 6) is 1.55. The standard InChI is InChI=1S/C17H23NO4/c1-3-8-21-16-10-13(5-6-15(16)20-4-2)14-11-17(22-18-14)7-9-19-12-17/h5-6,10H,3-4,7-9,11-12H2,1-2H3. The van der Waals surface area contributed by atoms with E-state index in [1.165, 1.54) is 0 Å².